The van der Waals surface area contributed by atoms with Crippen molar-refractivity contribution in [1.29, 1.82) is 0 Å². The molecule has 0 aliphatic heterocycles. The van der Waals surface area contributed by atoms with Gasteiger partial charge in [-0.3, -0.25) is 0 Å². The summed E-state index contributed by atoms with van der Waals surface area (Å²) in [4.78, 5) is 0. The van der Waals surface area contributed by atoms with Gasteiger partial charge in [0, 0.05) is 5.69 Å². The van der Waals surface area contributed by atoms with Crippen molar-refractivity contribution in [3.05, 3.63) is 60.0 Å². The first kappa shape index (κ1) is 16.3. The van der Waals surface area contributed by atoms with Crippen LogP contribution >= 0.6 is 11.6 Å². The topological polar surface area (TPSA) is 51.0 Å². The molecule has 124 valence electrons. The lowest BCUT2D eigenvalue weighted by molar-refractivity contribution is -0.137. The highest BCUT2D eigenvalue weighted by Crippen LogP contribution is 2.32. The maximum atomic E-state index is 12.6. The number of anilines is 2. The normalized spacial score (nSPS) is 11.5. The number of para-hydroxylation sites is 1. The van der Waals surface area contributed by atoms with Gasteiger partial charge in [0.25, 0.3) is 0 Å². The molecule has 0 saturated carbocycles. The Morgan fingerprint density at radius 1 is 1.00 bits per heavy atom. The SMILES string of the molecule is FC(F)(F)c1ccc(Nc2ccccc2-c2nnc(CCl)o2)cc1. The lowest BCUT2D eigenvalue weighted by atomic mass is 10.1. The molecule has 0 spiro atoms. The molecule has 0 aliphatic carbocycles. The highest BCUT2D eigenvalue weighted by Gasteiger charge is 2.29. The summed E-state index contributed by atoms with van der Waals surface area (Å²) in [5.74, 6) is 0.665. The number of hydrogen-bond acceptors (Lipinski definition) is 4. The number of rotatable bonds is 4. The van der Waals surface area contributed by atoms with E-state index in [2.05, 4.69) is 15.5 Å². The molecular formula is C16H11ClF3N3O. The average molecular weight is 354 g/mol. The number of nitrogens with zero attached hydrogens (tertiary/aromatic N) is 2. The maximum Gasteiger partial charge on any atom is 0.416 e. The Labute approximate surface area is 140 Å². The quantitative estimate of drug-likeness (QED) is 0.652. The first-order valence-corrected chi connectivity index (χ1v) is 7.43. The average Bonchev–Trinajstić information content (AvgIpc) is 3.04. The van der Waals surface area contributed by atoms with E-state index in [0.717, 1.165) is 12.1 Å². The van der Waals surface area contributed by atoms with Gasteiger partial charge in [-0.2, -0.15) is 13.2 Å². The first-order valence-electron chi connectivity index (χ1n) is 6.89. The monoisotopic (exact) mass is 353 g/mol. The van der Waals surface area contributed by atoms with Crippen LogP contribution in [0.3, 0.4) is 0 Å². The van der Waals surface area contributed by atoms with Gasteiger partial charge in [0.1, 0.15) is 5.88 Å². The molecule has 0 unspecified atom stereocenters. The van der Waals surface area contributed by atoms with Crippen molar-refractivity contribution in [2.45, 2.75) is 12.1 Å². The molecule has 0 amide bonds. The predicted molar refractivity (Wildman–Crippen MR) is 84.0 cm³/mol. The molecule has 0 saturated heterocycles. The predicted octanol–water partition coefficient (Wildman–Crippen LogP) is 5.24. The van der Waals surface area contributed by atoms with Crippen molar-refractivity contribution < 1.29 is 17.6 Å². The third-order valence-electron chi connectivity index (χ3n) is 3.23. The molecule has 1 N–H and O–H groups in total. The van der Waals surface area contributed by atoms with Crippen molar-refractivity contribution in [2.75, 3.05) is 5.32 Å². The van der Waals surface area contributed by atoms with E-state index in [4.69, 9.17) is 16.0 Å². The largest absolute Gasteiger partial charge is 0.419 e. The summed E-state index contributed by atoms with van der Waals surface area (Å²) in [6, 6.07) is 11.9. The van der Waals surface area contributed by atoms with Crippen LogP contribution in [0.5, 0.6) is 0 Å². The Balaban J connectivity index is 1.88. The summed E-state index contributed by atoms with van der Waals surface area (Å²) in [6.07, 6.45) is -4.36. The Morgan fingerprint density at radius 3 is 2.33 bits per heavy atom. The molecule has 0 aliphatic rings. The van der Waals surface area contributed by atoms with E-state index < -0.39 is 11.7 Å². The van der Waals surface area contributed by atoms with Gasteiger partial charge in [-0.1, -0.05) is 12.1 Å². The van der Waals surface area contributed by atoms with Crippen LogP contribution in [0, 0.1) is 0 Å². The van der Waals surface area contributed by atoms with Crippen LogP contribution in [-0.2, 0) is 12.1 Å². The van der Waals surface area contributed by atoms with Gasteiger partial charge >= 0.3 is 6.18 Å². The summed E-state index contributed by atoms with van der Waals surface area (Å²) in [6.45, 7) is 0. The highest BCUT2D eigenvalue weighted by atomic mass is 35.5. The number of alkyl halides is 4. The van der Waals surface area contributed by atoms with E-state index in [1.54, 1.807) is 24.3 Å². The van der Waals surface area contributed by atoms with Crippen molar-refractivity contribution in [3.8, 4) is 11.5 Å². The summed E-state index contributed by atoms with van der Waals surface area (Å²) in [5, 5.41) is 10.8. The first-order chi connectivity index (χ1) is 11.5. The van der Waals surface area contributed by atoms with E-state index in [-0.39, 0.29) is 17.7 Å². The van der Waals surface area contributed by atoms with Crippen molar-refractivity contribution in [3.63, 3.8) is 0 Å². The number of halogens is 4. The molecule has 0 bridgehead atoms. The Kier molecular flexibility index (Phi) is 4.44. The highest BCUT2D eigenvalue weighted by molar-refractivity contribution is 6.16. The minimum atomic E-state index is -4.36. The summed E-state index contributed by atoms with van der Waals surface area (Å²) in [5.41, 5.74) is 1.06. The van der Waals surface area contributed by atoms with Crippen molar-refractivity contribution in [1.82, 2.24) is 10.2 Å². The van der Waals surface area contributed by atoms with Gasteiger partial charge in [-0.15, -0.1) is 21.8 Å². The lowest BCUT2D eigenvalue weighted by Gasteiger charge is -2.11. The van der Waals surface area contributed by atoms with Crippen LogP contribution in [0.15, 0.2) is 52.9 Å². The van der Waals surface area contributed by atoms with Crippen LogP contribution in [-0.4, -0.2) is 10.2 Å². The molecule has 0 fully saturated rings. The van der Waals surface area contributed by atoms with Crippen LogP contribution < -0.4 is 5.32 Å². The van der Waals surface area contributed by atoms with Gasteiger partial charge in [-0.05, 0) is 36.4 Å². The molecule has 24 heavy (non-hydrogen) atoms. The fourth-order valence-electron chi connectivity index (χ4n) is 2.09. The molecule has 3 aromatic rings. The molecule has 0 radical (unpaired) electrons. The number of benzene rings is 2. The second-order valence-corrected chi connectivity index (χ2v) is 5.15. The summed E-state index contributed by atoms with van der Waals surface area (Å²) in [7, 11) is 0. The molecule has 3 rings (SSSR count). The minimum Gasteiger partial charge on any atom is -0.419 e. The fraction of sp³-hybridized carbons (Fsp3) is 0.125. The van der Waals surface area contributed by atoms with Gasteiger partial charge in [0.15, 0.2) is 0 Å². The zero-order valence-corrected chi connectivity index (χ0v) is 12.9. The third-order valence-corrected chi connectivity index (χ3v) is 3.46. The van der Waals surface area contributed by atoms with Crippen LogP contribution in [0.1, 0.15) is 11.5 Å². The minimum absolute atomic E-state index is 0.0987. The number of hydrogen-bond donors (Lipinski definition) is 1. The molecular weight excluding hydrogens is 343 g/mol. The fourth-order valence-corrected chi connectivity index (χ4v) is 2.20. The maximum absolute atomic E-state index is 12.6. The molecule has 1 heterocycles. The number of aromatic nitrogens is 2. The molecule has 2 aromatic carbocycles. The van der Waals surface area contributed by atoms with Crippen molar-refractivity contribution in [2.24, 2.45) is 0 Å². The number of nitrogens with one attached hydrogen (secondary N) is 1. The van der Waals surface area contributed by atoms with E-state index in [1.165, 1.54) is 12.1 Å². The van der Waals surface area contributed by atoms with Crippen molar-refractivity contribution >= 4 is 23.0 Å². The van der Waals surface area contributed by atoms with Crippen LogP contribution in [0.4, 0.5) is 24.5 Å². The van der Waals surface area contributed by atoms with E-state index in [0.29, 0.717) is 16.9 Å². The lowest BCUT2D eigenvalue weighted by Crippen LogP contribution is -2.04. The summed E-state index contributed by atoms with van der Waals surface area (Å²) >= 11 is 5.65. The third kappa shape index (κ3) is 3.51. The molecule has 4 nitrogen and oxygen atoms in total. The molecule has 1 aromatic heterocycles. The second-order valence-electron chi connectivity index (χ2n) is 4.88. The Bertz CT molecular complexity index is 831. The molecule has 0 atom stereocenters. The van der Waals surface area contributed by atoms with Gasteiger partial charge in [0.2, 0.25) is 11.8 Å². The smallest absolute Gasteiger partial charge is 0.416 e. The molecule has 8 heteroatoms. The van der Waals surface area contributed by atoms with Crippen LogP contribution in [0.2, 0.25) is 0 Å². The van der Waals surface area contributed by atoms with E-state index in [1.807, 2.05) is 0 Å². The van der Waals surface area contributed by atoms with Gasteiger partial charge in [-0.25, -0.2) is 0 Å². The zero-order valence-electron chi connectivity index (χ0n) is 12.1. The summed E-state index contributed by atoms with van der Waals surface area (Å²) < 4.78 is 43.2. The van der Waals surface area contributed by atoms with Gasteiger partial charge in [0.05, 0.1) is 16.8 Å². The Hall–Kier alpha value is -2.54. The van der Waals surface area contributed by atoms with Crippen LogP contribution in [0.25, 0.3) is 11.5 Å². The Morgan fingerprint density at radius 2 is 1.71 bits per heavy atom. The zero-order chi connectivity index (χ0) is 17.2. The van der Waals surface area contributed by atoms with E-state index >= 15 is 0 Å². The second kappa shape index (κ2) is 6.52. The van der Waals surface area contributed by atoms with Gasteiger partial charge < -0.3 is 9.73 Å². The van der Waals surface area contributed by atoms with E-state index in [9.17, 15) is 13.2 Å². The standard InChI is InChI=1S/C16H11ClF3N3O/c17-9-14-22-23-15(24-14)12-3-1-2-4-13(12)21-11-7-5-10(6-8-11)16(18,19)20/h1-8,21H,9H2.